The summed E-state index contributed by atoms with van der Waals surface area (Å²) in [4.78, 5) is 7.20. The Labute approximate surface area is 57.3 Å². The quantitative estimate of drug-likeness (QED) is 0.329. The van der Waals surface area contributed by atoms with Crippen LogP contribution in [-0.4, -0.2) is 33.5 Å². The van der Waals surface area contributed by atoms with Crippen molar-refractivity contribution < 1.29 is 0 Å². The summed E-state index contributed by atoms with van der Waals surface area (Å²) in [5.41, 5.74) is 0.688. The molecule has 5 heteroatoms. The molecule has 1 aromatic rings. The van der Waals surface area contributed by atoms with Crippen molar-refractivity contribution in [1.82, 2.24) is 9.97 Å². The van der Waals surface area contributed by atoms with Crippen LogP contribution in [0.2, 0.25) is 0 Å². The Morgan fingerprint density at radius 1 is 1.00 bits per heavy atom. The number of hydrogen-bond donors (Lipinski definition) is 0. The molecule has 0 saturated carbocycles. The second-order valence-electron chi connectivity index (χ2n) is 1.58. The van der Waals surface area contributed by atoms with E-state index in [0.29, 0.717) is 11.2 Å². The van der Waals surface area contributed by atoms with E-state index >= 15 is 0 Å². The predicted octanol–water partition coefficient (Wildman–Crippen LogP) is -3.14. The Kier molecular flexibility index (Phi) is 1.60. The number of hydrogen-bond acceptors (Lipinski definition) is 2. The molecule has 0 saturated heterocycles. The van der Waals surface area contributed by atoms with Crippen molar-refractivity contribution in [2.24, 2.45) is 0 Å². The summed E-state index contributed by atoms with van der Waals surface area (Å²) in [6.45, 7) is 0. The van der Waals surface area contributed by atoms with Gasteiger partial charge in [-0.25, -0.2) is 0 Å². The molecule has 1 heterocycles. The van der Waals surface area contributed by atoms with E-state index in [4.69, 9.17) is 23.5 Å². The average molecular weight is 110 g/mol. The first-order valence-electron chi connectivity index (χ1n) is 2.34. The van der Waals surface area contributed by atoms with Gasteiger partial charge in [0, 0.05) is 0 Å². The standard InChI is InChI=1S/C4HB3N2/c5-2-1-3(6)9-4(7)8-2/h1H. The molecular weight excluding hydrogens is 108 g/mol. The van der Waals surface area contributed by atoms with Gasteiger partial charge in [0.25, 0.3) is 0 Å². The van der Waals surface area contributed by atoms with Crippen molar-refractivity contribution in [2.45, 2.75) is 0 Å². The zero-order valence-corrected chi connectivity index (χ0v) is 4.70. The van der Waals surface area contributed by atoms with Crippen LogP contribution in [0.3, 0.4) is 0 Å². The molecule has 0 atom stereocenters. The highest BCUT2D eigenvalue weighted by atomic mass is 14.8. The molecule has 1 aromatic heterocycles. The molecule has 6 radical (unpaired) electrons. The summed E-state index contributed by atoms with van der Waals surface area (Å²) in [5.74, 6) is 0. The first kappa shape index (κ1) is 6.40. The van der Waals surface area contributed by atoms with E-state index in [0.717, 1.165) is 0 Å². The molecule has 0 unspecified atom stereocenters. The SMILES string of the molecule is [B]c1cc([B])nc([B])n1. The van der Waals surface area contributed by atoms with Crippen molar-refractivity contribution in [2.75, 3.05) is 0 Å². The molecule has 0 aliphatic rings. The smallest absolute Gasteiger partial charge is 0.170 e. The molecule has 0 aliphatic heterocycles. The molecular formula is C4HB3N2. The zero-order valence-electron chi connectivity index (χ0n) is 4.70. The van der Waals surface area contributed by atoms with Crippen LogP contribution in [0.5, 0.6) is 0 Å². The molecule has 0 N–H and O–H groups in total. The lowest BCUT2D eigenvalue weighted by molar-refractivity contribution is 1.31. The Morgan fingerprint density at radius 2 is 1.44 bits per heavy atom. The van der Waals surface area contributed by atoms with Crippen molar-refractivity contribution >= 4 is 40.4 Å². The molecule has 0 fully saturated rings. The van der Waals surface area contributed by atoms with Crippen molar-refractivity contribution in [1.29, 1.82) is 0 Å². The van der Waals surface area contributed by atoms with Crippen LogP contribution >= 0.6 is 0 Å². The van der Waals surface area contributed by atoms with E-state index in [1.54, 1.807) is 0 Å². The van der Waals surface area contributed by atoms with Crippen LogP contribution in [0, 0.1) is 0 Å². The number of rotatable bonds is 0. The van der Waals surface area contributed by atoms with Gasteiger partial charge in [0.2, 0.25) is 0 Å². The van der Waals surface area contributed by atoms with Gasteiger partial charge >= 0.3 is 0 Å². The Morgan fingerprint density at radius 3 is 1.78 bits per heavy atom. The maximum Gasteiger partial charge on any atom is 0.170 e. The van der Waals surface area contributed by atoms with Crippen LogP contribution in [0.15, 0.2) is 6.07 Å². The van der Waals surface area contributed by atoms with Gasteiger partial charge in [-0.15, -0.1) is 0 Å². The minimum absolute atomic E-state index is 0.104. The molecule has 1 rings (SSSR count). The average Bonchev–Trinajstić information content (AvgIpc) is 1.59. The highest BCUT2D eigenvalue weighted by Crippen LogP contribution is 1.57. The van der Waals surface area contributed by atoms with E-state index in [1.807, 2.05) is 0 Å². The topological polar surface area (TPSA) is 25.8 Å². The van der Waals surface area contributed by atoms with E-state index in [2.05, 4.69) is 9.97 Å². The van der Waals surface area contributed by atoms with Gasteiger partial charge in [-0.2, -0.15) is 0 Å². The lowest BCUT2D eigenvalue weighted by Gasteiger charge is -1.96. The lowest BCUT2D eigenvalue weighted by Crippen LogP contribution is -2.32. The van der Waals surface area contributed by atoms with Gasteiger partial charge in [-0.1, -0.05) is 0 Å². The summed E-state index contributed by atoms with van der Waals surface area (Å²) >= 11 is 0. The zero-order chi connectivity index (χ0) is 6.85. The maximum absolute atomic E-state index is 5.25. The van der Waals surface area contributed by atoms with Crippen LogP contribution in [-0.2, 0) is 0 Å². The highest BCUT2D eigenvalue weighted by molar-refractivity contribution is 6.38. The Hall–Kier alpha value is -0.725. The minimum atomic E-state index is 0.104. The summed E-state index contributed by atoms with van der Waals surface area (Å²) in [6.07, 6.45) is 0. The highest BCUT2D eigenvalue weighted by Gasteiger charge is 1.89. The molecule has 0 aromatic carbocycles. The van der Waals surface area contributed by atoms with Gasteiger partial charge in [0.05, 0.1) is 5.72 Å². The predicted molar refractivity (Wildman–Crippen MR) is 38.2 cm³/mol. The van der Waals surface area contributed by atoms with E-state index < -0.39 is 0 Å². The van der Waals surface area contributed by atoms with Crippen LogP contribution in [0.25, 0.3) is 0 Å². The van der Waals surface area contributed by atoms with Crippen molar-refractivity contribution in [3.05, 3.63) is 6.07 Å². The first-order chi connectivity index (χ1) is 4.18. The largest absolute Gasteiger partial charge is 0.262 e. The fourth-order valence-electron chi connectivity index (χ4n) is 0.506. The minimum Gasteiger partial charge on any atom is -0.262 e. The fraction of sp³-hybridized carbons (Fsp3) is 0. The van der Waals surface area contributed by atoms with Crippen LogP contribution in [0.4, 0.5) is 0 Å². The third-order valence-corrected chi connectivity index (χ3v) is 0.783. The second kappa shape index (κ2) is 2.25. The monoisotopic (exact) mass is 110 g/mol. The molecule has 9 heavy (non-hydrogen) atoms. The van der Waals surface area contributed by atoms with E-state index in [1.165, 1.54) is 6.07 Å². The van der Waals surface area contributed by atoms with Crippen LogP contribution in [0.1, 0.15) is 0 Å². The molecule has 0 amide bonds. The summed E-state index contributed by atoms with van der Waals surface area (Å²) in [6, 6.07) is 1.44. The fourth-order valence-corrected chi connectivity index (χ4v) is 0.506. The molecule has 0 bridgehead atoms. The van der Waals surface area contributed by atoms with E-state index in [9.17, 15) is 0 Å². The molecule has 2 nitrogen and oxygen atoms in total. The second-order valence-corrected chi connectivity index (χ2v) is 1.58. The first-order valence-corrected chi connectivity index (χ1v) is 2.34. The third kappa shape index (κ3) is 1.59. The van der Waals surface area contributed by atoms with Gasteiger partial charge in [-0.3, -0.25) is 9.97 Å². The van der Waals surface area contributed by atoms with E-state index in [-0.39, 0.29) is 5.72 Å². The van der Waals surface area contributed by atoms with Crippen LogP contribution < -0.4 is 16.9 Å². The normalized spacial score (nSPS) is 9.33. The third-order valence-electron chi connectivity index (χ3n) is 0.783. The van der Waals surface area contributed by atoms with Crippen molar-refractivity contribution in [3.8, 4) is 0 Å². The maximum atomic E-state index is 5.25. The summed E-state index contributed by atoms with van der Waals surface area (Å²) in [7, 11) is 15.7. The number of nitrogens with zero attached hydrogens (tertiary/aromatic N) is 2. The summed E-state index contributed by atoms with van der Waals surface area (Å²) < 4.78 is 0. The Bertz CT molecular complexity index is 175. The van der Waals surface area contributed by atoms with Gasteiger partial charge in [0.15, 0.2) is 7.85 Å². The number of aromatic nitrogens is 2. The Balaban J connectivity index is 3.17. The summed E-state index contributed by atoms with van der Waals surface area (Å²) in [5, 5.41) is 0. The molecule has 36 valence electrons. The van der Waals surface area contributed by atoms with Crippen molar-refractivity contribution in [3.63, 3.8) is 0 Å². The van der Waals surface area contributed by atoms with Gasteiger partial charge in [-0.05, 0) is 17.3 Å². The molecule has 0 aliphatic carbocycles. The van der Waals surface area contributed by atoms with Gasteiger partial charge in [0.1, 0.15) is 15.7 Å². The lowest BCUT2D eigenvalue weighted by atomic mass is 9.95. The molecule has 0 spiro atoms. The van der Waals surface area contributed by atoms with Gasteiger partial charge < -0.3 is 0 Å².